The molecule has 0 aliphatic heterocycles. The molecule has 9 heteroatoms. The minimum absolute atomic E-state index is 0. The van der Waals surface area contributed by atoms with E-state index in [1.165, 1.54) is 128 Å². The van der Waals surface area contributed by atoms with E-state index in [-0.39, 0.29) is 53.0 Å². The Morgan fingerprint density at radius 3 is 0.633 bits per heavy atom. The normalized spacial score (nSPS) is 18.9. The molecule has 4 rings (SSSR count). The quantitative estimate of drug-likeness (QED) is 0.182. The summed E-state index contributed by atoms with van der Waals surface area (Å²) in [6, 6.07) is 0. The van der Waals surface area contributed by atoms with E-state index in [9.17, 15) is 39.6 Å². The van der Waals surface area contributed by atoms with Gasteiger partial charge in [0.2, 0.25) is 0 Å². The van der Waals surface area contributed by atoms with Crippen LogP contribution >= 0.6 is 0 Å². The van der Waals surface area contributed by atoms with E-state index in [1.807, 2.05) is 0 Å². The van der Waals surface area contributed by atoms with Crippen molar-refractivity contribution < 1.29 is 39.6 Å². The molecule has 0 aromatic carbocycles. The first-order chi connectivity index (χ1) is 23.2. The van der Waals surface area contributed by atoms with Gasteiger partial charge in [0.25, 0.3) is 0 Å². The van der Waals surface area contributed by atoms with E-state index in [4.69, 9.17) is 0 Å². The number of hydrogen-bond donors (Lipinski definition) is 0. The molecule has 4 aliphatic carbocycles. The number of aliphatic carboxylic acids is 4. The molecule has 0 atom stereocenters. The summed E-state index contributed by atoms with van der Waals surface area (Å²) in [5.74, 6) is -0.374. The average Bonchev–Trinajstić information content (AvgIpc) is 3.07. The molecule has 0 heterocycles. The van der Waals surface area contributed by atoms with Crippen molar-refractivity contribution in [2.45, 2.75) is 205 Å². The molecule has 0 N–H and O–H groups in total. The summed E-state index contributed by atoms with van der Waals surface area (Å²) in [5.41, 5.74) is 0. The summed E-state index contributed by atoms with van der Waals surface area (Å²) in [6.45, 7) is 0. The predicted molar refractivity (Wildman–Crippen MR) is 187 cm³/mol. The van der Waals surface area contributed by atoms with E-state index in [0.717, 1.165) is 75.0 Å². The standard InChI is InChI=1S/4C10H18O2.Pb/c4*11-10(12)8-4-7-9-5-2-1-3-6-9;/h4*9H,1-8H2,(H,11,12);/p-4. The first kappa shape index (κ1) is 47.8. The molecule has 0 aromatic heterocycles. The van der Waals surface area contributed by atoms with Crippen LogP contribution in [0, 0.1) is 23.7 Å². The van der Waals surface area contributed by atoms with Crippen molar-refractivity contribution in [1.29, 1.82) is 0 Å². The van der Waals surface area contributed by atoms with Gasteiger partial charge >= 0.3 is 0 Å². The van der Waals surface area contributed by atoms with Gasteiger partial charge in [-0.1, -0.05) is 154 Å². The molecule has 4 fully saturated rings. The van der Waals surface area contributed by atoms with E-state index in [1.54, 1.807) is 0 Å². The van der Waals surface area contributed by atoms with E-state index >= 15 is 0 Å². The van der Waals surface area contributed by atoms with Crippen molar-refractivity contribution in [3.63, 3.8) is 0 Å². The van der Waals surface area contributed by atoms with Crippen LogP contribution in [0.1, 0.15) is 205 Å². The Labute approximate surface area is 318 Å². The van der Waals surface area contributed by atoms with Crippen LogP contribution in [0.15, 0.2) is 0 Å². The minimum Gasteiger partial charge on any atom is -0.550 e. The van der Waals surface area contributed by atoms with E-state index < -0.39 is 23.9 Å². The van der Waals surface area contributed by atoms with Crippen LogP contribution in [0.3, 0.4) is 0 Å². The monoisotopic (exact) mass is 884 g/mol. The summed E-state index contributed by atoms with van der Waals surface area (Å²) in [5, 5.41) is 40.5. The second-order valence-electron chi connectivity index (χ2n) is 15.1. The minimum atomic E-state index is -0.897. The molecule has 0 unspecified atom stereocenters. The SMILES string of the molecule is O=C([O-])CCCC1CCCCC1.O=C([O-])CCCC1CCCCC1.O=C([O-])CCCC1CCCCC1.O=C([O-])CCCC1CCCCC1.[Pb]. The predicted octanol–water partition coefficient (Wildman–Crippen LogP) is 5.57. The van der Waals surface area contributed by atoms with Gasteiger partial charge in [-0.15, -0.1) is 0 Å². The molecular weight excluding hydrogens is 816 g/mol. The number of carboxylic acids is 4. The van der Waals surface area contributed by atoms with Crippen LogP contribution in [0.25, 0.3) is 0 Å². The van der Waals surface area contributed by atoms with E-state index in [0.29, 0.717) is 0 Å². The zero-order chi connectivity index (χ0) is 35.2. The molecule has 49 heavy (non-hydrogen) atoms. The summed E-state index contributed by atoms with van der Waals surface area (Å²) < 4.78 is 0. The van der Waals surface area contributed by atoms with E-state index in [2.05, 4.69) is 0 Å². The fraction of sp³-hybridized carbons (Fsp3) is 0.900. The molecule has 0 bridgehead atoms. The second-order valence-corrected chi connectivity index (χ2v) is 15.1. The third-order valence-electron chi connectivity index (χ3n) is 10.9. The molecule has 4 radical (unpaired) electrons. The second kappa shape index (κ2) is 32.7. The van der Waals surface area contributed by atoms with Gasteiger partial charge in [-0.2, -0.15) is 0 Å². The van der Waals surface area contributed by atoms with Crippen molar-refractivity contribution >= 4 is 51.2 Å². The van der Waals surface area contributed by atoms with Crippen molar-refractivity contribution in [3.8, 4) is 0 Å². The number of carbonyl (C=O) groups is 4. The third kappa shape index (κ3) is 31.3. The smallest absolute Gasteiger partial charge is 0.0414 e. The largest absolute Gasteiger partial charge is 0.550 e. The Kier molecular flexibility index (Phi) is 31.9. The van der Waals surface area contributed by atoms with Gasteiger partial charge in [-0.05, 0) is 75.0 Å². The number of carbonyl (C=O) groups excluding carboxylic acids is 4. The average molecular weight is 884 g/mol. The van der Waals surface area contributed by atoms with Crippen molar-refractivity contribution in [3.05, 3.63) is 0 Å². The summed E-state index contributed by atoms with van der Waals surface area (Å²) >= 11 is 0. The van der Waals surface area contributed by atoms with Crippen LogP contribution in [-0.2, 0) is 19.2 Å². The molecule has 0 spiro atoms. The van der Waals surface area contributed by atoms with Gasteiger partial charge in [-0.25, -0.2) is 0 Å². The zero-order valence-electron chi connectivity index (χ0n) is 30.7. The Balaban J connectivity index is 0.000000623. The molecule has 284 valence electrons. The summed E-state index contributed by atoms with van der Waals surface area (Å²) in [7, 11) is 0. The Hall–Kier alpha value is -1.20. The zero-order valence-corrected chi connectivity index (χ0v) is 34.6. The van der Waals surface area contributed by atoms with Gasteiger partial charge in [0.1, 0.15) is 0 Å². The molecule has 4 aliphatic rings. The molecule has 0 aromatic rings. The number of carboxylic acid groups (broad SMARTS) is 4. The Bertz CT molecular complexity index is 690. The van der Waals surface area contributed by atoms with Crippen LogP contribution in [0.5, 0.6) is 0 Å². The molecule has 0 amide bonds. The van der Waals surface area contributed by atoms with Gasteiger partial charge < -0.3 is 39.6 Å². The van der Waals surface area contributed by atoms with Crippen molar-refractivity contribution in [1.82, 2.24) is 0 Å². The molecule has 8 nitrogen and oxygen atoms in total. The number of rotatable bonds is 16. The Morgan fingerprint density at radius 2 is 0.490 bits per heavy atom. The van der Waals surface area contributed by atoms with Crippen LogP contribution < -0.4 is 20.4 Å². The molecule has 0 saturated heterocycles. The molecular formula is C40H68O8Pb-4. The third-order valence-corrected chi connectivity index (χ3v) is 10.9. The fourth-order valence-corrected chi connectivity index (χ4v) is 8.04. The maximum absolute atomic E-state index is 10.1. The van der Waals surface area contributed by atoms with Crippen molar-refractivity contribution in [2.24, 2.45) is 23.7 Å². The van der Waals surface area contributed by atoms with Crippen LogP contribution in [-0.4, -0.2) is 51.2 Å². The topological polar surface area (TPSA) is 161 Å². The number of hydrogen-bond acceptors (Lipinski definition) is 8. The Morgan fingerprint density at radius 1 is 0.327 bits per heavy atom. The van der Waals surface area contributed by atoms with Gasteiger partial charge in [0.15, 0.2) is 0 Å². The molecule has 4 saturated carbocycles. The van der Waals surface area contributed by atoms with Gasteiger partial charge in [0.05, 0.1) is 0 Å². The maximum Gasteiger partial charge on any atom is 0.0414 e. The maximum atomic E-state index is 10.1. The van der Waals surface area contributed by atoms with Gasteiger partial charge in [-0.3, -0.25) is 0 Å². The van der Waals surface area contributed by atoms with Crippen LogP contribution in [0.4, 0.5) is 0 Å². The van der Waals surface area contributed by atoms with Crippen molar-refractivity contribution in [2.75, 3.05) is 0 Å². The summed E-state index contributed by atoms with van der Waals surface area (Å²) in [6.07, 6.45) is 35.3. The van der Waals surface area contributed by atoms with Crippen LogP contribution in [0.2, 0.25) is 0 Å². The fourth-order valence-electron chi connectivity index (χ4n) is 8.04. The first-order valence-corrected chi connectivity index (χ1v) is 19.9. The summed E-state index contributed by atoms with van der Waals surface area (Å²) in [4.78, 5) is 40.5. The van der Waals surface area contributed by atoms with Gasteiger partial charge in [0, 0.05) is 51.2 Å². The first-order valence-electron chi connectivity index (χ1n) is 19.9.